The number of nitrogens with two attached hydrogens (primary N) is 1. The van der Waals surface area contributed by atoms with Crippen molar-refractivity contribution in [2.75, 3.05) is 19.6 Å². The van der Waals surface area contributed by atoms with E-state index >= 15 is 0 Å². The van der Waals surface area contributed by atoms with Crippen LogP contribution in [0.4, 0.5) is 0 Å². The maximum absolute atomic E-state index is 13.4. The van der Waals surface area contributed by atoms with E-state index in [4.69, 9.17) is 5.73 Å². The molecule has 3 N–H and O–H groups in total. The Morgan fingerprint density at radius 3 is 2.22 bits per heavy atom. The monoisotopic (exact) mass is 434 g/mol. The first-order chi connectivity index (χ1) is 15.5. The summed E-state index contributed by atoms with van der Waals surface area (Å²) in [6.45, 7) is 6.31. The third kappa shape index (κ3) is 5.19. The number of hydrogen-bond acceptors (Lipinski definition) is 4. The zero-order chi connectivity index (χ0) is 22.7. The number of likely N-dealkylation sites (tertiary alicyclic amines) is 1. The Bertz CT molecular complexity index is 937. The molecule has 2 fully saturated rings. The molecule has 2 amide bonds. The Balaban J connectivity index is 1.55. The molecule has 0 radical (unpaired) electrons. The number of rotatable bonds is 8. The zero-order valence-corrected chi connectivity index (χ0v) is 19.1. The van der Waals surface area contributed by atoms with E-state index < -0.39 is 6.04 Å². The topological polar surface area (TPSA) is 78.7 Å². The average molecular weight is 435 g/mol. The van der Waals surface area contributed by atoms with Crippen LogP contribution in [0.15, 0.2) is 48.5 Å². The van der Waals surface area contributed by atoms with Crippen LogP contribution in [0.2, 0.25) is 0 Å². The number of aryl methyl sites for hydroxylation is 2. The van der Waals surface area contributed by atoms with Crippen LogP contribution in [0.25, 0.3) is 0 Å². The van der Waals surface area contributed by atoms with Gasteiger partial charge in [-0.05, 0) is 50.8 Å². The highest BCUT2D eigenvalue weighted by Gasteiger charge is 2.45. The van der Waals surface area contributed by atoms with Gasteiger partial charge in [0.1, 0.15) is 6.04 Å². The molecule has 1 aliphatic heterocycles. The van der Waals surface area contributed by atoms with E-state index in [0.717, 1.165) is 12.1 Å². The van der Waals surface area contributed by atoms with Gasteiger partial charge in [-0.2, -0.15) is 0 Å². The third-order valence-electron chi connectivity index (χ3n) is 6.56. The summed E-state index contributed by atoms with van der Waals surface area (Å²) < 4.78 is 0. The highest BCUT2D eigenvalue weighted by molar-refractivity contribution is 5.98. The first kappa shape index (κ1) is 22.5. The maximum Gasteiger partial charge on any atom is 0.254 e. The minimum Gasteiger partial charge on any atom is -0.353 e. The molecule has 2 atom stereocenters. The molecule has 2 aliphatic rings. The largest absolute Gasteiger partial charge is 0.353 e. The van der Waals surface area contributed by atoms with E-state index in [2.05, 4.69) is 41.4 Å². The number of carbonyl (C=O) groups excluding carboxylic acids is 2. The van der Waals surface area contributed by atoms with Gasteiger partial charge in [0.25, 0.3) is 5.91 Å². The second kappa shape index (κ2) is 9.84. The zero-order valence-electron chi connectivity index (χ0n) is 19.1. The Hall–Kier alpha value is -2.70. The van der Waals surface area contributed by atoms with Crippen LogP contribution in [-0.4, -0.2) is 59.4 Å². The minimum atomic E-state index is -0.473. The molecular weight excluding hydrogens is 400 g/mol. The van der Waals surface area contributed by atoms with Gasteiger partial charge in [0.05, 0.1) is 0 Å². The van der Waals surface area contributed by atoms with E-state index in [-0.39, 0.29) is 17.9 Å². The van der Waals surface area contributed by atoms with Crippen LogP contribution in [0, 0.1) is 13.8 Å². The highest BCUT2D eigenvalue weighted by Crippen LogP contribution is 2.35. The molecule has 1 aliphatic carbocycles. The molecule has 1 saturated carbocycles. The van der Waals surface area contributed by atoms with Crippen molar-refractivity contribution in [1.29, 1.82) is 0 Å². The maximum atomic E-state index is 13.4. The predicted molar refractivity (Wildman–Crippen MR) is 126 cm³/mol. The van der Waals surface area contributed by atoms with Crippen molar-refractivity contribution in [3.8, 4) is 0 Å². The highest BCUT2D eigenvalue weighted by atomic mass is 16.2. The second-order valence-corrected chi connectivity index (χ2v) is 9.20. The Labute approximate surface area is 190 Å². The van der Waals surface area contributed by atoms with Crippen molar-refractivity contribution >= 4 is 11.8 Å². The quantitative estimate of drug-likeness (QED) is 0.670. The van der Waals surface area contributed by atoms with Crippen molar-refractivity contribution in [3.05, 3.63) is 70.8 Å². The van der Waals surface area contributed by atoms with Gasteiger partial charge in [0.2, 0.25) is 5.91 Å². The van der Waals surface area contributed by atoms with Gasteiger partial charge in [-0.25, -0.2) is 0 Å². The number of hydrogen-bond donors (Lipinski definition) is 2. The fourth-order valence-corrected chi connectivity index (χ4v) is 4.57. The molecule has 0 spiro atoms. The smallest absolute Gasteiger partial charge is 0.254 e. The van der Waals surface area contributed by atoms with Gasteiger partial charge in [0.15, 0.2) is 0 Å². The van der Waals surface area contributed by atoms with E-state index in [1.165, 1.54) is 24.0 Å². The molecule has 0 aromatic heterocycles. The summed E-state index contributed by atoms with van der Waals surface area (Å²) in [6, 6.07) is 16.5. The molecule has 6 nitrogen and oxygen atoms in total. The SMILES string of the molecule is Cc1ccc(CN(C2CC2)C2CC(C(=O)NCCN)N(C(=O)c3ccc(C)cc3)C2)cc1. The molecule has 1 heterocycles. The standard InChI is InChI=1S/C26H34N4O2/c1-18-3-7-20(8-4-18)16-29(22-11-12-22)23-15-24(25(31)28-14-13-27)30(17-23)26(32)21-9-5-19(2)6-10-21/h3-10,22-24H,11-17,27H2,1-2H3,(H,28,31). The summed E-state index contributed by atoms with van der Waals surface area (Å²) >= 11 is 0. The number of amides is 2. The van der Waals surface area contributed by atoms with Crippen LogP contribution in [0.5, 0.6) is 0 Å². The van der Waals surface area contributed by atoms with Crippen LogP contribution < -0.4 is 11.1 Å². The molecule has 6 heteroatoms. The molecule has 4 rings (SSSR count). The van der Waals surface area contributed by atoms with Crippen LogP contribution in [-0.2, 0) is 11.3 Å². The predicted octanol–water partition coefficient (Wildman–Crippen LogP) is 2.63. The van der Waals surface area contributed by atoms with Gasteiger partial charge in [-0.3, -0.25) is 14.5 Å². The Kier molecular flexibility index (Phi) is 6.92. The molecular formula is C26H34N4O2. The first-order valence-corrected chi connectivity index (χ1v) is 11.6. The van der Waals surface area contributed by atoms with E-state index in [0.29, 0.717) is 37.7 Å². The summed E-state index contributed by atoms with van der Waals surface area (Å²) in [4.78, 5) is 30.7. The van der Waals surface area contributed by atoms with E-state index in [1.54, 1.807) is 4.90 Å². The molecule has 170 valence electrons. The van der Waals surface area contributed by atoms with Gasteiger partial charge in [-0.15, -0.1) is 0 Å². The van der Waals surface area contributed by atoms with Gasteiger partial charge >= 0.3 is 0 Å². The first-order valence-electron chi connectivity index (χ1n) is 11.6. The summed E-state index contributed by atoms with van der Waals surface area (Å²) in [7, 11) is 0. The van der Waals surface area contributed by atoms with Crippen molar-refractivity contribution in [2.24, 2.45) is 5.73 Å². The average Bonchev–Trinajstić information content (AvgIpc) is 3.54. The number of nitrogens with one attached hydrogen (secondary N) is 1. The lowest BCUT2D eigenvalue weighted by Gasteiger charge is -2.29. The summed E-state index contributed by atoms with van der Waals surface area (Å²) in [5.41, 5.74) is 9.85. The van der Waals surface area contributed by atoms with Gasteiger partial charge in [0, 0.05) is 43.8 Å². The molecule has 2 aromatic rings. The summed E-state index contributed by atoms with van der Waals surface area (Å²) in [5.74, 6) is -0.184. The minimum absolute atomic E-state index is 0.0773. The number of nitrogens with zero attached hydrogens (tertiary/aromatic N) is 2. The molecule has 2 aromatic carbocycles. The lowest BCUT2D eigenvalue weighted by molar-refractivity contribution is -0.124. The van der Waals surface area contributed by atoms with Gasteiger partial charge in [-0.1, -0.05) is 47.5 Å². The fourth-order valence-electron chi connectivity index (χ4n) is 4.57. The lowest BCUT2D eigenvalue weighted by atomic mass is 10.1. The van der Waals surface area contributed by atoms with Crippen molar-refractivity contribution < 1.29 is 9.59 Å². The number of benzene rings is 2. The summed E-state index contributed by atoms with van der Waals surface area (Å²) in [5, 5.41) is 2.90. The van der Waals surface area contributed by atoms with Gasteiger partial charge < -0.3 is 16.0 Å². The van der Waals surface area contributed by atoms with Crippen molar-refractivity contribution in [1.82, 2.24) is 15.1 Å². The second-order valence-electron chi connectivity index (χ2n) is 9.20. The molecule has 32 heavy (non-hydrogen) atoms. The fraction of sp³-hybridized carbons (Fsp3) is 0.462. The lowest BCUT2D eigenvalue weighted by Crippen LogP contribution is -2.47. The Morgan fingerprint density at radius 2 is 1.62 bits per heavy atom. The molecule has 2 unspecified atom stereocenters. The van der Waals surface area contributed by atoms with Crippen LogP contribution >= 0.6 is 0 Å². The normalized spacial score (nSPS) is 20.6. The Morgan fingerprint density at radius 1 is 1.00 bits per heavy atom. The number of carbonyl (C=O) groups is 2. The van der Waals surface area contributed by atoms with Crippen molar-refractivity contribution in [2.45, 2.75) is 57.8 Å². The van der Waals surface area contributed by atoms with Crippen molar-refractivity contribution in [3.63, 3.8) is 0 Å². The summed E-state index contributed by atoms with van der Waals surface area (Å²) in [6.07, 6.45) is 3.01. The molecule has 1 saturated heterocycles. The molecule has 0 bridgehead atoms. The van der Waals surface area contributed by atoms with E-state index in [1.807, 2.05) is 31.2 Å². The van der Waals surface area contributed by atoms with Crippen LogP contribution in [0.3, 0.4) is 0 Å². The van der Waals surface area contributed by atoms with Crippen LogP contribution in [0.1, 0.15) is 46.3 Å². The third-order valence-corrected chi connectivity index (χ3v) is 6.56. The van der Waals surface area contributed by atoms with E-state index in [9.17, 15) is 9.59 Å².